The topological polar surface area (TPSA) is 41.1 Å². The van der Waals surface area contributed by atoms with Gasteiger partial charge in [0.25, 0.3) is 0 Å². The highest BCUT2D eigenvalue weighted by molar-refractivity contribution is 7.98. The Balaban J connectivity index is 1.97. The lowest BCUT2D eigenvalue weighted by Gasteiger charge is -2.13. The molecule has 1 saturated heterocycles. The lowest BCUT2D eigenvalue weighted by atomic mass is 9.97. The molecular formula is C13H26N2OS. The van der Waals surface area contributed by atoms with Crippen LogP contribution in [-0.2, 0) is 4.79 Å². The summed E-state index contributed by atoms with van der Waals surface area (Å²) < 4.78 is 0. The van der Waals surface area contributed by atoms with Crippen LogP contribution in [-0.4, -0.2) is 37.6 Å². The molecule has 0 aromatic rings. The average molecular weight is 258 g/mol. The van der Waals surface area contributed by atoms with Crippen molar-refractivity contribution in [2.45, 2.75) is 32.6 Å². The van der Waals surface area contributed by atoms with Crippen LogP contribution in [0.1, 0.15) is 32.6 Å². The fourth-order valence-electron chi connectivity index (χ4n) is 2.23. The highest BCUT2D eigenvalue weighted by Gasteiger charge is 2.28. The van der Waals surface area contributed by atoms with Crippen molar-refractivity contribution in [1.29, 1.82) is 0 Å². The van der Waals surface area contributed by atoms with E-state index < -0.39 is 0 Å². The van der Waals surface area contributed by atoms with Gasteiger partial charge in [-0.3, -0.25) is 4.79 Å². The largest absolute Gasteiger partial charge is 0.356 e. The molecule has 4 heteroatoms. The van der Waals surface area contributed by atoms with Crippen LogP contribution in [0.5, 0.6) is 0 Å². The van der Waals surface area contributed by atoms with E-state index in [4.69, 9.17) is 0 Å². The summed E-state index contributed by atoms with van der Waals surface area (Å²) in [5.41, 5.74) is 0. The molecule has 1 aliphatic heterocycles. The van der Waals surface area contributed by atoms with E-state index in [0.29, 0.717) is 5.92 Å². The summed E-state index contributed by atoms with van der Waals surface area (Å²) in [7, 11) is 0. The van der Waals surface area contributed by atoms with Crippen LogP contribution >= 0.6 is 11.8 Å². The molecule has 0 unspecified atom stereocenters. The molecule has 0 spiro atoms. The Morgan fingerprint density at radius 2 is 2.06 bits per heavy atom. The van der Waals surface area contributed by atoms with E-state index in [1.807, 2.05) is 11.8 Å². The molecule has 100 valence electrons. The molecule has 0 aromatic heterocycles. The maximum absolute atomic E-state index is 11.8. The maximum Gasteiger partial charge on any atom is 0.224 e. The summed E-state index contributed by atoms with van der Waals surface area (Å²) in [5, 5.41) is 6.33. The van der Waals surface area contributed by atoms with Gasteiger partial charge >= 0.3 is 0 Å². The van der Waals surface area contributed by atoms with E-state index >= 15 is 0 Å². The first-order valence-electron chi connectivity index (χ1n) is 6.73. The van der Waals surface area contributed by atoms with Crippen molar-refractivity contribution >= 4 is 17.7 Å². The second kappa shape index (κ2) is 8.81. The van der Waals surface area contributed by atoms with Gasteiger partial charge in [-0.2, -0.15) is 11.8 Å². The highest BCUT2D eigenvalue weighted by Crippen LogP contribution is 2.15. The normalized spacial score (nSPS) is 23.9. The minimum absolute atomic E-state index is 0.187. The Kier molecular flexibility index (Phi) is 7.69. The molecular weight excluding hydrogens is 232 g/mol. The Bertz CT molecular complexity index is 223. The number of amides is 1. The molecule has 0 aromatic carbocycles. The summed E-state index contributed by atoms with van der Waals surface area (Å²) in [6.45, 7) is 4.82. The Morgan fingerprint density at radius 3 is 2.71 bits per heavy atom. The molecule has 0 saturated carbocycles. The minimum atomic E-state index is 0.187. The van der Waals surface area contributed by atoms with E-state index in [-0.39, 0.29) is 11.8 Å². The third-order valence-corrected chi connectivity index (χ3v) is 4.13. The number of rotatable bonds is 8. The molecule has 2 N–H and O–H groups in total. The SMILES string of the molecule is CSCCCCCCNC(=O)[C@@H]1CNC[C@H]1C. The molecule has 1 fully saturated rings. The molecule has 1 rings (SSSR count). The quantitative estimate of drug-likeness (QED) is 0.653. The van der Waals surface area contributed by atoms with Crippen LogP contribution in [0.3, 0.4) is 0 Å². The molecule has 0 bridgehead atoms. The van der Waals surface area contributed by atoms with Crippen molar-refractivity contribution in [3.8, 4) is 0 Å². The Labute approximate surface area is 109 Å². The van der Waals surface area contributed by atoms with Gasteiger partial charge in [0.1, 0.15) is 0 Å². The zero-order chi connectivity index (χ0) is 12.5. The third-order valence-electron chi connectivity index (χ3n) is 3.43. The zero-order valence-corrected chi connectivity index (χ0v) is 11.9. The van der Waals surface area contributed by atoms with Gasteiger partial charge in [-0.15, -0.1) is 0 Å². The number of carbonyl (C=O) groups excluding carboxylic acids is 1. The van der Waals surface area contributed by atoms with Gasteiger partial charge < -0.3 is 10.6 Å². The van der Waals surface area contributed by atoms with Crippen molar-refractivity contribution in [1.82, 2.24) is 10.6 Å². The van der Waals surface area contributed by atoms with Gasteiger partial charge in [0.15, 0.2) is 0 Å². The summed E-state index contributed by atoms with van der Waals surface area (Å²) in [4.78, 5) is 11.8. The summed E-state index contributed by atoms with van der Waals surface area (Å²) in [5.74, 6) is 2.17. The van der Waals surface area contributed by atoms with Crippen LogP contribution in [0.15, 0.2) is 0 Å². The average Bonchev–Trinajstić information content (AvgIpc) is 2.74. The van der Waals surface area contributed by atoms with Crippen LogP contribution in [0.4, 0.5) is 0 Å². The maximum atomic E-state index is 11.8. The predicted molar refractivity (Wildman–Crippen MR) is 75.4 cm³/mol. The van der Waals surface area contributed by atoms with E-state index in [1.54, 1.807) is 0 Å². The number of nitrogens with one attached hydrogen (secondary N) is 2. The van der Waals surface area contributed by atoms with Gasteiger partial charge in [0, 0.05) is 13.1 Å². The van der Waals surface area contributed by atoms with Crippen molar-refractivity contribution < 1.29 is 4.79 Å². The number of unbranched alkanes of at least 4 members (excludes halogenated alkanes) is 3. The van der Waals surface area contributed by atoms with Crippen LogP contribution in [0.25, 0.3) is 0 Å². The number of carbonyl (C=O) groups is 1. The van der Waals surface area contributed by atoms with Crippen LogP contribution < -0.4 is 10.6 Å². The third kappa shape index (κ3) is 5.77. The van der Waals surface area contributed by atoms with Crippen molar-refractivity contribution in [2.75, 3.05) is 31.6 Å². The monoisotopic (exact) mass is 258 g/mol. The number of thioether (sulfide) groups is 1. The smallest absolute Gasteiger partial charge is 0.224 e. The first-order chi connectivity index (χ1) is 8.25. The van der Waals surface area contributed by atoms with Gasteiger partial charge in [-0.25, -0.2) is 0 Å². The summed E-state index contributed by atoms with van der Waals surface area (Å²) in [6, 6.07) is 0. The van der Waals surface area contributed by atoms with E-state index in [9.17, 15) is 4.79 Å². The lowest BCUT2D eigenvalue weighted by molar-refractivity contribution is -0.125. The molecule has 2 atom stereocenters. The molecule has 1 amide bonds. The molecule has 3 nitrogen and oxygen atoms in total. The highest BCUT2D eigenvalue weighted by atomic mass is 32.2. The summed E-state index contributed by atoms with van der Waals surface area (Å²) >= 11 is 1.91. The molecule has 1 heterocycles. The fraction of sp³-hybridized carbons (Fsp3) is 0.923. The zero-order valence-electron chi connectivity index (χ0n) is 11.1. The van der Waals surface area contributed by atoms with Crippen LogP contribution in [0, 0.1) is 11.8 Å². The van der Waals surface area contributed by atoms with Gasteiger partial charge in [0.2, 0.25) is 5.91 Å². The van der Waals surface area contributed by atoms with E-state index in [1.165, 1.54) is 25.0 Å². The second-order valence-electron chi connectivity index (χ2n) is 4.94. The van der Waals surface area contributed by atoms with Crippen molar-refractivity contribution in [2.24, 2.45) is 11.8 Å². The van der Waals surface area contributed by atoms with Crippen LogP contribution in [0.2, 0.25) is 0 Å². The van der Waals surface area contributed by atoms with E-state index in [0.717, 1.165) is 26.1 Å². The standard InChI is InChI=1S/C13H26N2OS/c1-11-9-14-10-12(11)13(16)15-7-5-3-4-6-8-17-2/h11-12,14H,3-10H2,1-2H3,(H,15,16)/t11-,12-/m1/s1. The molecule has 1 aliphatic rings. The van der Waals surface area contributed by atoms with Gasteiger partial charge in [-0.1, -0.05) is 19.8 Å². The molecule has 0 radical (unpaired) electrons. The Morgan fingerprint density at radius 1 is 1.29 bits per heavy atom. The summed E-state index contributed by atoms with van der Waals surface area (Å²) in [6.07, 6.45) is 7.10. The first-order valence-corrected chi connectivity index (χ1v) is 8.12. The van der Waals surface area contributed by atoms with Crippen molar-refractivity contribution in [3.05, 3.63) is 0 Å². The predicted octanol–water partition coefficient (Wildman–Crippen LogP) is 1.88. The molecule has 17 heavy (non-hydrogen) atoms. The lowest BCUT2D eigenvalue weighted by Crippen LogP contribution is -2.34. The van der Waals surface area contributed by atoms with Gasteiger partial charge in [-0.05, 0) is 37.3 Å². The van der Waals surface area contributed by atoms with Crippen molar-refractivity contribution in [3.63, 3.8) is 0 Å². The Hall–Kier alpha value is -0.220. The van der Waals surface area contributed by atoms with E-state index in [2.05, 4.69) is 23.8 Å². The fourth-order valence-corrected chi connectivity index (χ4v) is 2.72. The number of hydrogen-bond acceptors (Lipinski definition) is 3. The first kappa shape index (κ1) is 14.8. The second-order valence-corrected chi connectivity index (χ2v) is 5.93. The minimum Gasteiger partial charge on any atom is -0.356 e. The van der Waals surface area contributed by atoms with Gasteiger partial charge in [0.05, 0.1) is 5.92 Å². The molecule has 0 aliphatic carbocycles. The number of hydrogen-bond donors (Lipinski definition) is 2.